The van der Waals surface area contributed by atoms with Crippen molar-refractivity contribution in [2.45, 2.75) is 31.6 Å². The van der Waals surface area contributed by atoms with E-state index in [0.717, 1.165) is 11.3 Å². The predicted molar refractivity (Wildman–Crippen MR) is 78.5 cm³/mol. The van der Waals surface area contributed by atoms with E-state index < -0.39 is 0 Å². The average molecular weight is 270 g/mol. The van der Waals surface area contributed by atoms with Crippen LogP contribution in [0.5, 0.6) is 0 Å². The Balaban J connectivity index is 1.66. The van der Waals surface area contributed by atoms with Crippen LogP contribution in [0.1, 0.15) is 42.9 Å². The monoisotopic (exact) mass is 270 g/mol. The largest absolute Gasteiger partial charge is 0.399 e. The maximum Gasteiger partial charge on any atom is 0.232 e. The predicted octanol–water partition coefficient (Wildman–Crippen LogP) is 2.61. The fraction of sp³-hybridized carbons (Fsp3) is 0.333. The molecule has 0 saturated heterocycles. The number of rotatable bonds is 4. The molecule has 104 valence electrons. The van der Waals surface area contributed by atoms with Gasteiger partial charge in [0.25, 0.3) is 0 Å². The van der Waals surface area contributed by atoms with Crippen molar-refractivity contribution in [2.24, 2.45) is 0 Å². The molecule has 5 heteroatoms. The van der Waals surface area contributed by atoms with Crippen molar-refractivity contribution < 1.29 is 4.79 Å². The number of nitrogens with one attached hydrogen (secondary N) is 2. The Bertz CT molecular complexity index is 613. The molecule has 1 amide bonds. The first-order valence-electron chi connectivity index (χ1n) is 6.85. The molecule has 1 aromatic carbocycles. The Morgan fingerprint density at radius 1 is 1.40 bits per heavy atom. The summed E-state index contributed by atoms with van der Waals surface area (Å²) in [6.07, 6.45) is 2.41. The zero-order valence-corrected chi connectivity index (χ0v) is 11.4. The zero-order chi connectivity index (χ0) is 14.1. The van der Waals surface area contributed by atoms with Crippen LogP contribution in [-0.4, -0.2) is 16.1 Å². The Morgan fingerprint density at radius 3 is 2.75 bits per heavy atom. The van der Waals surface area contributed by atoms with E-state index in [1.54, 1.807) is 12.1 Å². The summed E-state index contributed by atoms with van der Waals surface area (Å²) in [5.41, 5.74) is 8.40. The van der Waals surface area contributed by atoms with Crippen LogP contribution < -0.4 is 11.1 Å². The van der Waals surface area contributed by atoms with Gasteiger partial charge in [0.05, 0.1) is 5.92 Å². The van der Waals surface area contributed by atoms with Crippen LogP contribution in [0.2, 0.25) is 0 Å². The Morgan fingerprint density at radius 2 is 2.10 bits per heavy atom. The molecule has 20 heavy (non-hydrogen) atoms. The average Bonchev–Trinajstić information content (AvgIpc) is 3.20. The quantitative estimate of drug-likeness (QED) is 0.747. The van der Waals surface area contributed by atoms with Gasteiger partial charge >= 0.3 is 0 Å². The molecule has 1 atom stereocenters. The van der Waals surface area contributed by atoms with E-state index in [2.05, 4.69) is 15.5 Å². The second kappa shape index (κ2) is 5.00. The molecule has 5 nitrogen and oxygen atoms in total. The van der Waals surface area contributed by atoms with Crippen LogP contribution >= 0.6 is 0 Å². The van der Waals surface area contributed by atoms with Crippen molar-refractivity contribution >= 4 is 17.4 Å². The third-order valence-electron chi connectivity index (χ3n) is 3.70. The topological polar surface area (TPSA) is 83.8 Å². The molecular formula is C15H18N4O. The fourth-order valence-corrected chi connectivity index (χ4v) is 2.17. The molecule has 1 saturated carbocycles. The first-order chi connectivity index (χ1) is 9.63. The van der Waals surface area contributed by atoms with Gasteiger partial charge in [-0.05, 0) is 37.5 Å². The number of nitrogens with zero attached hydrogens (tertiary/aromatic N) is 1. The number of hydrogen-bond donors (Lipinski definition) is 3. The molecule has 0 spiro atoms. The summed E-state index contributed by atoms with van der Waals surface area (Å²) < 4.78 is 0. The van der Waals surface area contributed by atoms with E-state index in [9.17, 15) is 4.79 Å². The molecule has 0 radical (unpaired) electrons. The molecule has 1 aliphatic carbocycles. The summed E-state index contributed by atoms with van der Waals surface area (Å²) in [7, 11) is 0. The lowest BCUT2D eigenvalue weighted by Gasteiger charge is -2.11. The number of H-pyrrole nitrogens is 1. The van der Waals surface area contributed by atoms with Gasteiger partial charge in [-0.25, -0.2) is 0 Å². The lowest BCUT2D eigenvalue weighted by molar-refractivity contribution is -0.117. The van der Waals surface area contributed by atoms with Gasteiger partial charge in [0.1, 0.15) is 0 Å². The first-order valence-corrected chi connectivity index (χ1v) is 6.85. The molecule has 1 aromatic heterocycles. The summed E-state index contributed by atoms with van der Waals surface area (Å²) >= 11 is 0. The highest BCUT2D eigenvalue weighted by Gasteiger charge is 2.26. The minimum Gasteiger partial charge on any atom is -0.399 e. The van der Waals surface area contributed by atoms with Gasteiger partial charge in [-0.15, -0.1) is 0 Å². The Hall–Kier alpha value is -2.30. The van der Waals surface area contributed by atoms with E-state index in [4.69, 9.17) is 5.73 Å². The highest BCUT2D eigenvalue weighted by atomic mass is 16.1. The molecule has 2 aromatic rings. The Kier molecular flexibility index (Phi) is 3.18. The molecule has 4 N–H and O–H groups in total. The normalized spacial score (nSPS) is 15.8. The lowest BCUT2D eigenvalue weighted by atomic mass is 10.0. The molecular weight excluding hydrogens is 252 g/mol. The number of nitrogen functional groups attached to an aromatic ring is 1. The maximum atomic E-state index is 12.2. The number of aromatic nitrogens is 2. The van der Waals surface area contributed by atoms with E-state index in [0.29, 0.717) is 17.4 Å². The number of nitrogens with two attached hydrogens (primary N) is 1. The van der Waals surface area contributed by atoms with E-state index in [1.165, 1.54) is 12.8 Å². The van der Waals surface area contributed by atoms with Crippen LogP contribution in [0.25, 0.3) is 0 Å². The zero-order valence-electron chi connectivity index (χ0n) is 11.4. The van der Waals surface area contributed by atoms with Crippen LogP contribution in [0, 0.1) is 0 Å². The van der Waals surface area contributed by atoms with Crippen LogP contribution in [0.4, 0.5) is 11.5 Å². The number of benzene rings is 1. The van der Waals surface area contributed by atoms with Crippen molar-refractivity contribution in [2.75, 3.05) is 11.1 Å². The highest BCUT2D eigenvalue weighted by Crippen LogP contribution is 2.39. The fourth-order valence-electron chi connectivity index (χ4n) is 2.17. The molecule has 0 unspecified atom stereocenters. The lowest BCUT2D eigenvalue weighted by Crippen LogP contribution is -2.19. The summed E-state index contributed by atoms with van der Waals surface area (Å²) in [6.45, 7) is 1.87. The van der Waals surface area contributed by atoms with Crippen molar-refractivity contribution in [3.8, 4) is 0 Å². The number of aromatic amines is 1. The van der Waals surface area contributed by atoms with Crippen molar-refractivity contribution in [3.63, 3.8) is 0 Å². The van der Waals surface area contributed by atoms with Crippen molar-refractivity contribution in [1.29, 1.82) is 0 Å². The SMILES string of the molecule is C[C@@H](C(=O)Nc1cc(C2CC2)[nH]n1)c1ccc(N)cc1. The Labute approximate surface area is 117 Å². The summed E-state index contributed by atoms with van der Waals surface area (Å²) in [5.74, 6) is 0.891. The van der Waals surface area contributed by atoms with Gasteiger partial charge in [0, 0.05) is 23.4 Å². The van der Waals surface area contributed by atoms with Gasteiger partial charge in [-0.3, -0.25) is 9.89 Å². The standard InChI is InChI=1S/C15H18N4O/c1-9(10-4-6-12(16)7-5-10)15(20)17-14-8-13(18-19-14)11-2-3-11/h4-9,11H,2-3,16H2,1H3,(H2,17,18,19,20)/t9-/m1/s1. The second-order valence-corrected chi connectivity index (χ2v) is 5.36. The number of anilines is 2. The van der Waals surface area contributed by atoms with Gasteiger partial charge in [0.15, 0.2) is 5.82 Å². The smallest absolute Gasteiger partial charge is 0.232 e. The maximum absolute atomic E-state index is 12.2. The van der Waals surface area contributed by atoms with Gasteiger partial charge < -0.3 is 11.1 Å². The molecule has 0 aliphatic heterocycles. The van der Waals surface area contributed by atoms with Gasteiger partial charge in [0.2, 0.25) is 5.91 Å². The number of carbonyl (C=O) groups is 1. The van der Waals surface area contributed by atoms with E-state index in [-0.39, 0.29) is 11.8 Å². The molecule has 1 fully saturated rings. The molecule has 0 bridgehead atoms. The second-order valence-electron chi connectivity index (χ2n) is 5.36. The highest BCUT2D eigenvalue weighted by molar-refractivity contribution is 5.94. The van der Waals surface area contributed by atoms with E-state index in [1.807, 2.05) is 25.1 Å². The van der Waals surface area contributed by atoms with Crippen molar-refractivity contribution in [3.05, 3.63) is 41.6 Å². The van der Waals surface area contributed by atoms with Gasteiger partial charge in [-0.1, -0.05) is 12.1 Å². The summed E-state index contributed by atoms with van der Waals surface area (Å²) in [5, 5.41) is 9.95. The van der Waals surface area contributed by atoms with Crippen LogP contribution in [0.3, 0.4) is 0 Å². The number of hydrogen-bond acceptors (Lipinski definition) is 3. The third kappa shape index (κ3) is 2.66. The van der Waals surface area contributed by atoms with Crippen molar-refractivity contribution in [1.82, 2.24) is 10.2 Å². The van der Waals surface area contributed by atoms with Crippen LogP contribution in [0.15, 0.2) is 30.3 Å². The minimum atomic E-state index is -0.239. The molecule has 1 aliphatic rings. The minimum absolute atomic E-state index is 0.0661. The van der Waals surface area contributed by atoms with E-state index >= 15 is 0 Å². The number of carbonyl (C=O) groups excluding carboxylic acids is 1. The molecule has 3 rings (SSSR count). The summed E-state index contributed by atoms with van der Waals surface area (Å²) in [6, 6.07) is 9.28. The summed E-state index contributed by atoms with van der Waals surface area (Å²) in [4.78, 5) is 12.2. The third-order valence-corrected chi connectivity index (χ3v) is 3.70. The number of amides is 1. The van der Waals surface area contributed by atoms with Gasteiger partial charge in [-0.2, -0.15) is 5.10 Å². The first kappa shape index (κ1) is 12.7. The van der Waals surface area contributed by atoms with Crippen LogP contribution in [-0.2, 0) is 4.79 Å². The molecule has 1 heterocycles.